The van der Waals surface area contributed by atoms with E-state index in [0.717, 1.165) is 0 Å². The van der Waals surface area contributed by atoms with Gasteiger partial charge in [0.05, 0.1) is 11.3 Å². The maximum atomic E-state index is 14.9. The number of imide groups is 1. The van der Waals surface area contributed by atoms with Crippen LogP contribution < -0.4 is 10.6 Å². The van der Waals surface area contributed by atoms with Crippen molar-refractivity contribution in [3.8, 4) is 0 Å². The Morgan fingerprint density at radius 3 is 2.48 bits per heavy atom. The Balaban J connectivity index is 1.44. The molecule has 0 radical (unpaired) electrons. The van der Waals surface area contributed by atoms with Crippen LogP contribution in [0, 0.1) is 5.92 Å². The highest BCUT2D eigenvalue weighted by Crippen LogP contribution is 2.70. The summed E-state index contributed by atoms with van der Waals surface area (Å²) in [5.74, 6) is -4.53. The smallest absolute Gasteiger partial charge is 0.410 e. The fraction of sp³-hybridized carbons (Fsp3) is 0.591. The first kappa shape index (κ1) is 21.5. The molecule has 1 aromatic carbocycles. The summed E-state index contributed by atoms with van der Waals surface area (Å²) in [6, 6.07) is 6.14. The molecule has 2 N–H and O–H groups in total. The van der Waals surface area contributed by atoms with Crippen molar-refractivity contribution in [1.29, 1.82) is 0 Å². The summed E-state index contributed by atoms with van der Waals surface area (Å²) in [7, 11) is 0. The van der Waals surface area contributed by atoms with Crippen LogP contribution >= 0.6 is 0 Å². The lowest BCUT2D eigenvalue weighted by Gasteiger charge is -2.32. The van der Waals surface area contributed by atoms with E-state index in [1.807, 2.05) is 0 Å². The zero-order chi connectivity index (χ0) is 22.6. The molecule has 1 aliphatic carbocycles. The van der Waals surface area contributed by atoms with Crippen molar-refractivity contribution in [3.05, 3.63) is 29.8 Å². The Labute approximate surface area is 179 Å². The number of likely N-dealkylation sites (tertiary alicyclic amines) is 1. The van der Waals surface area contributed by atoms with E-state index < -0.39 is 35.0 Å². The monoisotopic (exact) mass is 435 g/mol. The number of alkyl halides is 2. The van der Waals surface area contributed by atoms with E-state index in [1.54, 1.807) is 45.0 Å². The van der Waals surface area contributed by atoms with Crippen LogP contribution in [0.5, 0.6) is 0 Å². The molecule has 2 saturated heterocycles. The van der Waals surface area contributed by atoms with Gasteiger partial charge in [0, 0.05) is 25.2 Å². The third-order valence-electron chi connectivity index (χ3n) is 6.35. The van der Waals surface area contributed by atoms with Crippen LogP contribution in [0.3, 0.4) is 0 Å². The molecular weight excluding hydrogens is 408 g/mol. The first-order chi connectivity index (χ1) is 14.4. The Morgan fingerprint density at radius 1 is 1.23 bits per heavy atom. The summed E-state index contributed by atoms with van der Waals surface area (Å²) < 4.78 is 35.1. The van der Waals surface area contributed by atoms with Gasteiger partial charge in [-0.1, -0.05) is 12.1 Å². The molecule has 3 aliphatic rings. The van der Waals surface area contributed by atoms with E-state index in [4.69, 9.17) is 4.74 Å². The Kier molecular flexibility index (Phi) is 4.98. The highest BCUT2D eigenvalue weighted by Gasteiger charge is 2.82. The predicted molar refractivity (Wildman–Crippen MR) is 109 cm³/mol. The van der Waals surface area contributed by atoms with Gasteiger partial charge >= 0.3 is 6.09 Å². The number of carbonyl (C=O) groups excluding carboxylic acids is 3. The van der Waals surface area contributed by atoms with Crippen molar-refractivity contribution in [2.24, 2.45) is 5.92 Å². The Bertz CT molecular complexity index is 912. The number of hydrogen-bond donors (Lipinski definition) is 2. The van der Waals surface area contributed by atoms with Gasteiger partial charge in [0.15, 0.2) is 0 Å². The van der Waals surface area contributed by atoms with Crippen molar-refractivity contribution in [1.82, 2.24) is 10.2 Å². The van der Waals surface area contributed by atoms with E-state index in [0.29, 0.717) is 17.7 Å². The van der Waals surface area contributed by atoms with Gasteiger partial charge in [0.25, 0.3) is 5.92 Å². The fourth-order valence-corrected chi connectivity index (χ4v) is 4.69. The SMILES string of the molecule is CC(C)(C)OC(=O)N1CC[C@]2(c3ccc(N[C@H]4CCC(=O)NC4=O)cc3)[C@H](C1)C2(F)F. The molecule has 3 fully saturated rings. The van der Waals surface area contributed by atoms with Crippen molar-refractivity contribution < 1.29 is 27.9 Å². The summed E-state index contributed by atoms with van der Waals surface area (Å²) in [5.41, 5.74) is -0.802. The van der Waals surface area contributed by atoms with Crippen LogP contribution in [-0.4, -0.2) is 53.5 Å². The number of hydrogen-bond acceptors (Lipinski definition) is 5. The number of carbonyl (C=O) groups is 3. The number of benzene rings is 1. The van der Waals surface area contributed by atoms with Crippen LogP contribution in [0.2, 0.25) is 0 Å². The van der Waals surface area contributed by atoms with Crippen LogP contribution in [0.15, 0.2) is 24.3 Å². The number of nitrogens with one attached hydrogen (secondary N) is 2. The van der Waals surface area contributed by atoms with Crippen molar-refractivity contribution in [3.63, 3.8) is 0 Å². The molecule has 7 nitrogen and oxygen atoms in total. The van der Waals surface area contributed by atoms with Gasteiger partial charge in [-0.15, -0.1) is 0 Å². The number of rotatable bonds is 3. The largest absolute Gasteiger partial charge is 0.444 e. The normalized spacial score (nSPS) is 29.6. The summed E-state index contributed by atoms with van der Waals surface area (Å²) in [5, 5.41) is 5.33. The van der Waals surface area contributed by atoms with Gasteiger partial charge in [0.1, 0.15) is 11.6 Å². The van der Waals surface area contributed by atoms with Gasteiger partial charge < -0.3 is 15.0 Å². The molecule has 3 amide bonds. The highest BCUT2D eigenvalue weighted by atomic mass is 19.3. The minimum Gasteiger partial charge on any atom is -0.444 e. The van der Waals surface area contributed by atoms with E-state index in [2.05, 4.69) is 10.6 Å². The number of fused-ring (bicyclic) bond motifs is 1. The zero-order valence-corrected chi connectivity index (χ0v) is 17.8. The second-order valence-electron chi connectivity index (χ2n) is 9.55. The summed E-state index contributed by atoms with van der Waals surface area (Å²) in [6.45, 7) is 5.40. The number of amides is 3. The van der Waals surface area contributed by atoms with Crippen molar-refractivity contribution >= 4 is 23.6 Å². The van der Waals surface area contributed by atoms with Gasteiger partial charge in [-0.05, 0) is 51.3 Å². The highest BCUT2D eigenvalue weighted by molar-refractivity contribution is 6.01. The van der Waals surface area contributed by atoms with Crippen molar-refractivity contribution in [2.45, 2.75) is 63.0 Å². The Hall–Kier alpha value is -2.71. The molecule has 1 aromatic rings. The predicted octanol–water partition coefficient (Wildman–Crippen LogP) is 3.05. The van der Waals surface area contributed by atoms with Gasteiger partial charge in [-0.2, -0.15) is 0 Å². The van der Waals surface area contributed by atoms with Gasteiger partial charge in [-0.25, -0.2) is 13.6 Å². The summed E-state index contributed by atoms with van der Waals surface area (Å²) in [6.07, 6.45) is 0.237. The lowest BCUT2D eigenvalue weighted by molar-refractivity contribution is -0.133. The molecule has 2 aliphatic heterocycles. The minimum absolute atomic E-state index is 0.0435. The summed E-state index contributed by atoms with van der Waals surface area (Å²) >= 11 is 0. The topological polar surface area (TPSA) is 87.7 Å². The second kappa shape index (κ2) is 7.17. The molecule has 1 saturated carbocycles. The quantitative estimate of drug-likeness (QED) is 0.713. The van der Waals surface area contributed by atoms with Gasteiger partial charge in [0.2, 0.25) is 11.8 Å². The third kappa shape index (κ3) is 3.74. The number of anilines is 1. The lowest BCUT2D eigenvalue weighted by atomic mass is 9.87. The standard InChI is InChI=1S/C22H27F2N3O4/c1-20(2,3)31-19(30)27-11-10-21(16(12-27)22(21,23)24)13-4-6-14(7-5-13)25-15-8-9-17(28)26-18(15)29/h4-7,15-16,25H,8-12H2,1-3H3,(H,26,28,29)/t15-,16-,21-/m0/s1. The molecule has 9 heteroatoms. The van der Waals surface area contributed by atoms with E-state index in [9.17, 15) is 23.2 Å². The molecule has 2 heterocycles. The number of halogens is 2. The Morgan fingerprint density at radius 2 is 1.90 bits per heavy atom. The van der Waals surface area contributed by atoms with Crippen LogP contribution in [0.25, 0.3) is 0 Å². The van der Waals surface area contributed by atoms with Gasteiger partial charge in [-0.3, -0.25) is 14.9 Å². The maximum Gasteiger partial charge on any atom is 0.410 e. The number of nitrogens with zero attached hydrogens (tertiary/aromatic N) is 1. The molecule has 4 rings (SSSR count). The minimum atomic E-state index is -2.90. The average molecular weight is 435 g/mol. The van der Waals surface area contributed by atoms with Crippen LogP contribution in [0.1, 0.15) is 45.6 Å². The second-order valence-corrected chi connectivity index (χ2v) is 9.55. The molecule has 3 atom stereocenters. The van der Waals surface area contributed by atoms with E-state index in [1.165, 1.54) is 4.90 Å². The van der Waals surface area contributed by atoms with E-state index >= 15 is 0 Å². The molecule has 168 valence electrons. The molecule has 31 heavy (non-hydrogen) atoms. The first-order valence-corrected chi connectivity index (χ1v) is 10.5. The molecule has 0 aromatic heterocycles. The maximum absolute atomic E-state index is 14.9. The summed E-state index contributed by atoms with van der Waals surface area (Å²) in [4.78, 5) is 36.8. The fourth-order valence-electron chi connectivity index (χ4n) is 4.69. The van der Waals surface area contributed by atoms with Crippen LogP contribution in [0.4, 0.5) is 19.3 Å². The van der Waals surface area contributed by atoms with E-state index in [-0.39, 0.29) is 37.7 Å². The molecule has 0 unspecified atom stereocenters. The first-order valence-electron chi connectivity index (χ1n) is 10.5. The zero-order valence-electron chi connectivity index (χ0n) is 17.8. The van der Waals surface area contributed by atoms with Crippen molar-refractivity contribution in [2.75, 3.05) is 18.4 Å². The van der Waals surface area contributed by atoms with Crippen LogP contribution in [-0.2, 0) is 19.7 Å². The molecular formula is C22H27F2N3O4. The number of piperidine rings is 2. The number of ether oxygens (including phenoxy) is 1. The third-order valence-corrected chi connectivity index (χ3v) is 6.35. The average Bonchev–Trinajstić information content (AvgIpc) is 3.19. The molecule has 0 bridgehead atoms. The lowest BCUT2D eigenvalue weighted by Crippen LogP contribution is -2.47. The molecule has 0 spiro atoms.